The number of nitrogens with zero attached hydrogens (tertiary/aromatic N) is 4. The van der Waals surface area contributed by atoms with Crippen molar-refractivity contribution in [2.24, 2.45) is 0 Å². The van der Waals surface area contributed by atoms with Crippen molar-refractivity contribution in [2.45, 2.75) is 45.7 Å². The maximum Gasteiger partial charge on any atom is 0.157 e. The normalized spacial score (nSPS) is 17.0. The van der Waals surface area contributed by atoms with Crippen LogP contribution >= 0.6 is 0 Å². The van der Waals surface area contributed by atoms with Crippen molar-refractivity contribution >= 4 is 16.9 Å². The minimum Gasteiger partial charge on any atom is -0.362 e. The Morgan fingerprint density at radius 1 is 1.03 bits per heavy atom. The molecule has 6 heteroatoms. The SMILES string of the molecule is Cc1cccc(CNc2n[nH]c3nc([C@H]4CCCN(Cc5ccccc5C)C4)ccc23)n1. The smallest absolute Gasteiger partial charge is 0.157 e. The van der Waals surface area contributed by atoms with Gasteiger partial charge in [0.15, 0.2) is 11.5 Å². The summed E-state index contributed by atoms with van der Waals surface area (Å²) in [6, 6.07) is 19.1. The molecule has 1 saturated heterocycles. The minimum atomic E-state index is 0.452. The van der Waals surface area contributed by atoms with E-state index >= 15 is 0 Å². The summed E-state index contributed by atoms with van der Waals surface area (Å²) in [5.74, 6) is 1.28. The predicted octanol–water partition coefficient (Wildman–Crippen LogP) is 4.96. The fourth-order valence-corrected chi connectivity index (χ4v) is 4.62. The molecule has 0 bridgehead atoms. The van der Waals surface area contributed by atoms with Gasteiger partial charge in [-0.3, -0.25) is 15.0 Å². The van der Waals surface area contributed by atoms with Gasteiger partial charge in [0.1, 0.15) is 0 Å². The van der Waals surface area contributed by atoms with E-state index in [9.17, 15) is 0 Å². The molecule has 0 unspecified atom stereocenters. The number of H-pyrrole nitrogens is 1. The molecular formula is C26H30N6. The van der Waals surface area contributed by atoms with Crippen molar-refractivity contribution in [3.05, 3.63) is 82.8 Å². The number of aryl methyl sites for hydroxylation is 2. The van der Waals surface area contributed by atoms with Crippen LogP contribution in [0.25, 0.3) is 11.0 Å². The van der Waals surface area contributed by atoms with Gasteiger partial charge in [0.05, 0.1) is 17.6 Å². The number of hydrogen-bond donors (Lipinski definition) is 2. The molecule has 0 saturated carbocycles. The van der Waals surface area contributed by atoms with Gasteiger partial charge in [-0.15, -0.1) is 0 Å². The Morgan fingerprint density at radius 3 is 2.81 bits per heavy atom. The Balaban J connectivity index is 1.28. The summed E-state index contributed by atoms with van der Waals surface area (Å²) in [4.78, 5) is 12.1. The second-order valence-corrected chi connectivity index (χ2v) is 8.83. The maximum absolute atomic E-state index is 4.95. The van der Waals surface area contributed by atoms with Crippen LogP contribution in [-0.4, -0.2) is 38.2 Å². The summed E-state index contributed by atoms with van der Waals surface area (Å²) in [6.07, 6.45) is 2.39. The summed E-state index contributed by atoms with van der Waals surface area (Å²) >= 11 is 0. The van der Waals surface area contributed by atoms with Crippen LogP contribution in [-0.2, 0) is 13.1 Å². The van der Waals surface area contributed by atoms with Gasteiger partial charge in [-0.25, -0.2) is 4.98 Å². The molecule has 32 heavy (non-hydrogen) atoms. The molecule has 1 aliphatic rings. The predicted molar refractivity (Wildman–Crippen MR) is 129 cm³/mol. The number of rotatable bonds is 6. The molecule has 5 rings (SSSR count). The van der Waals surface area contributed by atoms with Crippen LogP contribution in [0.3, 0.4) is 0 Å². The number of likely N-dealkylation sites (tertiary alicyclic amines) is 1. The molecule has 3 aromatic heterocycles. The average Bonchev–Trinajstić information content (AvgIpc) is 3.22. The van der Waals surface area contributed by atoms with Gasteiger partial charge in [0, 0.05) is 30.4 Å². The highest BCUT2D eigenvalue weighted by molar-refractivity contribution is 5.87. The first-order valence-corrected chi connectivity index (χ1v) is 11.4. The Kier molecular flexibility index (Phi) is 5.86. The lowest BCUT2D eigenvalue weighted by atomic mass is 9.93. The van der Waals surface area contributed by atoms with Crippen LogP contribution in [0.5, 0.6) is 0 Å². The quantitative estimate of drug-likeness (QED) is 0.456. The molecule has 0 radical (unpaired) electrons. The third-order valence-electron chi connectivity index (χ3n) is 6.41. The molecule has 1 atom stereocenters. The fraction of sp³-hybridized carbons (Fsp3) is 0.346. The highest BCUT2D eigenvalue weighted by atomic mass is 15.2. The van der Waals surface area contributed by atoms with E-state index in [4.69, 9.17) is 4.98 Å². The minimum absolute atomic E-state index is 0.452. The number of fused-ring (bicyclic) bond motifs is 1. The lowest BCUT2D eigenvalue weighted by molar-refractivity contribution is 0.198. The number of piperidine rings is 1. The molecule has 0 amide bonds. The average molecular weight is 427 g/mol. The lowest BCUT2D eigenvalue weighted by Gasteiger charge is -2.32. The molecule has 4 aromatic rings. The zero-order valence-electron chi connectivity index (χ0n) is 18.8. The molecule has 0 aliphatic carbocycles. The Morgan fingerprint density at radius 2 is 1.94 bits per heavy atom. The number of aromatic nitrogens is 4. The molecule has 4 heterocycles. The third-order valence-corrected chi connectivity index (χ3v) is 6.41. The van der Waals surface area contributed by atoms with Crippen LogP contribution in [0.1, 0.15) is 47.0 Å². The lowest BCUT2D eigenvalue weighted by Crippen LogP contribution is -2.34. The van der Waals surface area contributed by atoms with Crippen molar-refractivity contribution in [3.8, 4) is 0 Å². The van der Waals surface area contributed by atoms with E-state index < -0.39 is 0 Å². The summed E-state index contributed by atoms with van der Waals surface area (Å²) in [7, 11) is 0. The van der Waals surface area contributed by atoms with Crippen molar-refractivity contribution in [3.63, 3.8) is 0 Å². The molecule has 164 valence electrons. The number of benzene rings is 1. The number of aromatic amines is 1. The van der Waals surface area contributed by atoms with Gasteiger partial charge >= 0.3 is 0 Å². The molecule has 0 spiro atoms. The van der Waals surface area contributed by atoms with Crippen molar-refractivity contribution < 1.29 is 0 Å². The fourth-order valence-electron chi connectivity index (χ4n) is 4.62. The summed E-state index contributed by atoms with van der Waals surface area (Å²) in [6.45, 7) is 8.05. The Bertz CT molecular complexity index is 1210. The van der Waals surface area contributed by atoms with Gasteiger partial charge in [0.2, 0.25) is 0 Å². The van der Waals surface area contributed by atoms with Crippen LogP contribution in [0.15, 0.2) is 54.6 Å². The molecular weight excluding hydrogens is 396 g/mol. The number of nitrogens with one attached hydrogen (secondary N) is 2. The first kappa shape index (κ1) is 20.6. The van der Waals surface area contributed by atoms with Crippen LogP contribution in [0.2, 0.25) is 0 Å². The summed E-state index contributed by atoms with van der Waals surface area (Å²) in [5.41, 5.74) is 6.81. The van der Waals surface area contributed by atoms with Gasteiger partial charge in [-0.2, -0.15) is 5.10 Å². The van der Waals surface area contributed by atoms with E-state index in [1.165, 1.54) is 24.0 Å². The molecule has 2 N–H and O–H groups in total. The standard InChI is InChI=1S/C26H30N6/c1-18-7-3-4-9-20(18)16-32-14-6-10-21(17-32)24-13-12-23-25(30-31-26(23)29-24)27-15-22-11-5-8-19(2)28-22/h3-5,7-9,11-13,21H,6,10,14-17H2,1-2H3,(H2,27,29,30,31)/t21-/m0/s1. The summed E-state index contributed by atoms with van der Waals surface area (Å²) in [5, 5.41) is 12.0. The zero-order valence-corrected chi connectivity index (χ0v) is 18.8. The van der Waals surface area contributed by atoms with Crippen LogP contribution in [0.4, 0.5) is 5.82 Å². The van der Waals surface area contributed by atoms with E-state index in [1.54, 1.807) is 0 Å². The van der Waals surface area contributed by atoms with Crippen molar-refractivity contribution in [2.75, 3.05) is 18.4 Å². The largest absolute Gasteiger partial charge is 0.362 e. The van der Waals surface area contributed by atoms with Gasteiger partial charge < -0.3 is 5.32 Å². The molecule has 1 fully saturated rings. The van der Waals surface area contributed by atoms with E-state index in [-0.39, 0.29) is 0 Å². The monoisotopic (exact) mass is 426 g/mol. The summed E-state index contributed by atoms with van der Waals surface area (Å²) < 4.78 is 0. The van der Waals surface area contributed by atoms with E-state index in [0.717, 1.165) is 53.6 Å². The highest BCUT2D eigenvalue weighted by Crippen LogP contribution is 2.29. The van der Waals surface area contributed by atoms with E-state index in [2.05, 4.69) is 68.7 Å². The Hall–Kier alpha value is -3.25. The van der Waals surface area contributed by atoms with E-state index in [1.807, 2.05) is 25.1 Å². The zero-order chi connectivity index (χ0) is 21.9. The van der Waals surface area contributed by atoms with Crippen molar-refractivity contribution in [1.82, 2.24) is 25.1 Å². The number of pyridine rings is 2. The van der Waals surface area contributed by atoms with Crippen molar-refractivity contribution in [1.29, 1.82) is 0 Å². The second kappa shape index (κ2) is 9.09. The highest BCUT2D eigenvalue weighted by Gasteiger charge is 2.23. The maximum atomic E-state index is 4.95. The van der Waals surface area contributed by atoms with E-state index in [0.29, 0.717) is 12.5 Å². The molecule has 6 nitrogen and oxygen atoms in total. The first-order chi connectivity index (χ1) is 15.7. The Labute approximate surface area is 189 Å². The third kappa shape index (κ3) is 4.50. The van der Waals surface area contributed by atoms with Gasteiger partial charge in [-0.05, 0) is 68.6 Å². The second-order valence-electron chi connectivity index (χ2n) is 8.83. The van der Waals surface area contributed by atoms with Gasteiger partial charge in [0.25, 0.3) is 0 Å². The molecule has 1 aliphatic heterocycles. The van der Waals surface area contributed by atoms with Gasteiger partial charge in [-0.1, -0.05) is 30.3 Å². The topological polar surface area (TPSA) is 69.7 Å². The number of hydrogen-bond acceptors (Lipinski definition) is 5. The first-order valence-electron chi connectivity index (χ1n) is 11.4. The van der Waals surface area contributed by atoms with Crippen LogP contribution in [0, 0.1) is 13.8 Å². The molecule has 1 aromatic carbocycles. The number of anilines is 1. The van der Waals surface area contributed by atoms with Crippen LogP contribution < -0.4 is 5.32 Å².